The molecule has 28 heavy (non-hydrogen) atoms. The van der Waals surface area contributed by atoms with E-state index in [1.54, 1.807) is 18.3 Å². The fourth-order valence-corrected chi connectivity index (χ4v) is 2.58. The highest BCUT2D eigenvalue weighted by atomic mass is 32.2. The molecule has 0 amide bonds. The maximum absolute atomic E-state index is 12.3. The highest BCUT2D eigenvalue weighted by Gasteiger charge is 2.38. The quantitative estimate of drug-likeness (QED) is 0.575. The molecule has 0 aromatic carbocycles. The van der Waals surface area contributed by atoms with Gasteiger partial charge in [0.1, 0.15) is 10.8 Å². The van der Waals surface area contributed by atoms with Crippen LogP contribution in [-0.2, 0) is 20.9 Å². The van der Waals surface area contributed by atoms with Gasteiger partial charge >= 0.3 is 12.1 Å². The first-order valence-corrected chi connectivity index (χ1v) is 9.73. The van der Waals surface area contributed by atoms with Crippen molar-refractivity contribution in [3.05, 3.63) is 24.0 Å². The van der Waals surface area contributed by atoms with E-state index in [0.717, 1.165) is 12.3 Å². The zero-order chi connectivity index (χ0) is 21.5. The maximum atomic E-state index is 12.3. The summed E-state index contributed by atoms with van der Waals surface area (Å²) in [5.74, 6) is -2.06. The van der Waals surface area contributed by atoms with E-state index in [1.165, 1.54) is 12.8 Å². The van der Waals surface area contributed by atoms with E-state index < -0.39 is 23.5 Å². The summed E-state index contributed by atoms with van der Waals surface area (Å²) >= 11 is -1.18. The number of rotatable bonds is 7. The molecule has 1 fully saturated rings. The highest BCUT2D eigenvalue weighted by molar-refractivity contribution is 7.90. The van der Waals surface area contributed by atoms with E-state index in [-0.39, 0.29) is 10.8 Å². The molecule has 11 heteroatoms. The van der Waals surface area contributed by atoms with Crippen LogP contribution in [0.1, 0.15) is 45.3 Å². The second kappa shape index (κ2) is 10.3. The first kappa shape index (κ1) is 24.5. The number of pyridine rings is 1. The number of carboxylic acid groups (broad SMARTS) is 1. The van der Waals surface area contributed by atoms with E-state index in [1.807, 2.05) is 20.8 Å². The lowest BCUT2D eigenvalue weighted by molar-refractivity contribution is -0.192. The molecular weight excluding hydrogens is 399 g/mol. The van der Waals surface area contributed by atoms with Crippen LogP contribution in [0.3, 0.4) is 0 Å². The number of nitrogens with one attached hydrogen (secondary N) is 1. The molecule has 2 rings (SSSR count). The molecule has 1 aromatic heterocycles. The number of ether oxygens (including phenoxy) is 1. The number of anilines is 1. The third kappa shape index (κ3) is 9.58. The molecule has 0 spiro atoms. The van der Waals surface area contributed by atoms with Gasteiger partial charge in [-0.05, 0) is 51.7 Å². The fourth-order valence-electron chi connectivity index (χ4n) is 1.78. The molecule has 160 valence electrons. The monoisotopic (exact) mass is 425 g/mol. The van der Waals surface area contributed by atoms with Gasteiger partial charge in [0.05, 0.1) is 12.3 Å². The van der Waals surface area contributed by atoms with Crippen molar-refractivity contribution in [2.45, 2.75) is 50.6 Å². The molecule has 1 aliphatic carbocycles. The van der Waals surface area contributed by atoms with Gasteiger partial charge in [0.2, 0.25) is 0 Å². The van der Waals surface area contributed by atoms with E-state index in [0.29, 0.717) is 18.2 Å². The van der Waals surface area contributed by atoms with Gasteiger partial charge in [0, 0.05) is 29.9 Å². The van der Waals surface area contributed by atoms with Gasteiger partial charge < -0.3 is 20.1 Å². The van der Waals surface area contributed by atoms with Crippen LogP contribution >= 0.6 is 0 Å². The summed E-state index contributed by atoms with van der Waals surface area (Å²) in [7, 11) is 0. The number of hydrogen-bond donors (Lipinski definition) is 3. The summed E-state index contributed by atoms with van der Waals surface area (Å²) < 4.78 is 52.6. The Bertz CT molecular complexity index is 637. The standard InChI is InChI=1S/C15H25N3O2S.C2HF3O2/c1-15(2,3)21(19)18-14(10-20-9-11-4-5-11)13-8-12(16)6-7-17-13;3-2(4,5)1(6)7/h6-8,11,14,18H,4-5,9-10H2,1-3H3,(H2,16,17);(H,6,7). The Morgan fingerprint density at radius 2 is 2.04 bits per heavy atom. The maximum Gasteiger partial charge on any atom is 0.490 e. The zero-order valence-electron chi connectivity index (χ0n) is 16.0. The molecule has 1 aliphatic rings. The van der Waals surface area contributed by atoms with Crippen LogP contribution < -0.4 is 10.5 Å². The fraction of sp³-hybridized carbons (Fsp3) is 0.647. The van der Waals surface area contributed by atoms with Crippen molar-refractivity contribution >= 4 is 23.0 Å². The van der Waals surface area contributed by atoms with Crippen LogP contribution in [0, 0.1) is 5.92 Å². The predicted molar refractivity (Wildman–Crippen MR) is 99.7 cm³/mol. The average molecular weight is 425 g/mol. The number of halogens is 3. The van der Waals surface area contributed by atoms with Crippen molar-refractivity contribution in [1.29, 1.82) is 0 Å². The molecule has 2 atom stereocenters. The molecule has 1 heterocycles. The SMILES string of the molecule is CC(C)(C)[S+]([O-])NC(COCC1CC1)c1cc(N)ccn1.O=C(O)C(F)(F)F. The largest absolute Gasteiger partial charge is 0.598 e. The lowest BCUT2D eigenvalue weighted by atomic mass is 10.2. The molecule has 1 saturated carbocycles. The molecule has 0 radical (unpaired) electrons. The van der Waals surface area contributed by atoms with Crippen LogP contribution in [0.15, 0.2) is 18.3 Å². The molecule has 0 bridgehead atoms. The number of carboxylic acids is 1. The molecular formula is C17H26F3N3O4S. The molecule has 1 aromatic rings. The number of aliphatic carboxylic acids is 1. The van der Waals surface area contributed by atoms with Gasteiger partial charge in [0.15, 0.2) is 0 Å². The van der Waals surface area contributed by atoms with Crippen LogP contribution in [0.25, 0.3) is 0 Å². The Kier molecular flexibility index (Phi) is 8.99. The van der Waals surface area contributed by atoms with E-state index in [9.17, 15) is 17.7 Å². The Morgan fingerprint density at radius 1 is 1.46 bits per heavy atom. The minimum Gasteiger partial charge on any atom is -0.598 e. The van der Waals surface area contributed by atoms with Crippen LogP contribution in [-0.4, -0.2) is 44.7 Å². The summed E-state index contributed by atoms with van der Waals surface area (Å²) in [6, 6.07) is 3.33. The summed E-state index contributed by atoms with van der Waals surface area (Å²) in [6.45, 7) is 7.03. The third-order valence-corrected chi connectivity index (χ3v) is 5.16. The molecule has 7 nitrogen and oxygen atoms in total. The van der Waals surface area contributed by atoms with Crippen LogP contribution in [0.5, 0.6) is 0 Å². The lowest BCUT2D eigenvalue weighted by Crippen LogP contribution is -2.42. The van der Waals surface area contributed by atoms with E-state index in [2.05, 4.69) is 9.71 Å². The molecule has 4 N–H and O–H groups in total. The lowest BCUT2D eigenvalue weighted by Gasteiger charge is -2.27. The Morgan fingerprint density at radius 3 is 2.46 bits per heavy atom. The van der Waals surface area contributed by atoms with Crippen LogP contribution in [0.4, 0.5) is 18.9 Å². The van der Waals surface area contributed by atoms with E-state index in [4.69, 9.17) is 20.4 Å². The Balaban J connectivity index is 0.000000480. The van der Waals surface area contributed by atoms with Gasteiger partial charge in [0.25, 0.3) is 0 Å². The van der Waals surface area contributed by atoms with E-state index >= 15 is 0 Å². The summed E-state index contributed by atoms with van der Waals surface area (Å²) in [5.41, 5.74) is 7.23. The van der Waals surface area contributed by atoms with Crippen molar-refractivity contribution in [2.24, 2.45) is 5.92 Å². The predicted octanol–water partition coefficient (Wildman–Crippen LogP) is 2.82. The number of nitrogens with zero attached hydrogens (tertiary/aromatic N) is 1. The second-order valence-corrected chi connectivity index (χ2v) is 9.35. The highest BCUT2D eigenvalue weighted by Crippen LogP contribution is 2.29. The molecule has 0 aliphatic heterocycles. The molecule has 2 unspecified atom stereocenters. The minimum atomic E-state index is -5.08. The van der Waals surface area contributed by atoms with Gasteiger partial charge in [-0.1, -0.05) is 0 Å². The number of aromatic nitrogens is 1. The van der Waals surface area contributed by atoms with Crippen molar-refractivity contribution in [1.82, 2.24) is 9.71 Å². The minimum absolute atomic E-state index is 0.215. The number of nitrogen functional groups attached to an aromatic ring is 1. The van der Waals surface area contributed by atoms with Crippen molar-refractivity contribution in [2.75, 3.05) is 18.9 Å². The normalized spacial score (nSPS) is 16.7. The number of carbonyl (C=O) groups is 1. The smallest absolute Gasteiger partial charge is 0.490 e. The Hall–Kier alpha value is -1.56. The Labute approximate surface area is 165 Å². The van der Waals surface area contributed by atoms with Gasteiger partial charge in [-0.25, -0.2) is 4.79 Å². The summed E-state index contributed by atoms with van der Waals surface area (Å²) in [5, 5.41) is 7.12. The second-order valence-electron chi connectivity index (χ2n) is 7.35. The van der Waals surface area contributed by atoms with Gasteiger partial charge in [-0.15, -0.1) is 4.72 Å². The van der Waals surface area contributed by atoms with Gasteiger partial charge in [-0.3, -0.25) is 4.98 Å². The summed E-state index contributed by atoms with van der Waals surface area (Å²) in [6.07, 6.45) is -0.911. The number of nitrogens with two attached hydrogens (primary N) is 1. The van der Waals surface area contributed by atoms with Crippen molar-refractivity contribution in [3.8, 4) is 0 Å². The summed E-state index contributed by atoms with van der Waals surface area (Å²) in [4.78, 5) is 13.2. The first-order chi connectivity index (χ1) is 12.8. The average Bonchev–Trinajstić information content (AvgIpc) is 3.37. The third-order valence-electron chi connectivity index (χ3n) is 3.55. The zero-order valence-corrected chi connectivity index (χ0v) is 16.8. The van der Waals surface area contributed by atoms with Crippen molar-refractivity contribution < 1.29 is 32.4 Å². The number of alkyl halides is 3. The number of hydrogen-bond acceptors (Lipinski definition) is 6. The van der Waals surface area contributed by atoms with Crippen molar-refractivity contribution in [3.63, 3.8) is 0 Å². The van der Waals surface area contributed by atoms with Crippen LogP contribution in [0.2, 0.25) is 0 Å². The topological polar surface area (TPSA) is 121 Å². The van der Waals surface area contributed by atoms with Gasteiger partial charge in [-0.2, -0.15) is 13.2 Å². The first-order valence-electron chi connectivity index (χ1n) is 8.58. The molecule has 0 saturated heterocycles.